The number of fused-ring (bicyclic) bond motifs is 4. The van der Waals surface area contributed by atoms with Gasteiger partial charge in [-0.2, -0.15) is 0 Å². The van der Waals surface area contributed by atoms with Gasteiger partial charge in [-0.15, -0.1) is 34.5 Å². The van der Waals surface area contributed by atoms with E-state index >= 15 is 0 Å². The van der Waals surface area contributed by atoms with Crippen molar-refractivity contribution in [2.45, 2.75) is 35.1 Å². The maximum Gasteiger partial charge on any atom is 0.258 e. The van der Waals surface area contributed by atoms with E-state index < -0.39 is 68.5 Å². The number of rotatable bonds is 4. The van der Waals surface area contributed by atoms with Crippen molar-refractivity contribution in [3.63, 3.8) is 0 Å². The fourth-order valence-electron chi connectivity index (χ4n) is 7.25. The first kappa shape index (κ1) is 28.2. The number of hydrogen-bond donors (Lipinski definition) is 1. The van der Waals surface area contributed by atoms with Crippen LogP contribution in [0, 0.1) is 29.4 Å². The number of thiophene rings is 1. The molecule has 12 heteroatoms. The Hall–Kier alpha value is -3.60. The number of phenols is 1. The molecule has 2 aromatic carbocycles. The summed E-state index contributed by atoms with van der Waals surface area (Å²) >= 11 is 15.9. The average Bonchev–Trinajstić information content (AvgIpc) is 3.62. The molecule has 3 heterocycles. The highest BCUT2D eigenvalue weighted by Gasteiger charge is 2.76. The molecule has 3 fully saturated rings. The van der Waals surface area contributed by atoms with Gasteiger partial charge in [0, 0.05) is 10.8 Å². The summed E-state index contributed by atoms with van der Waals surface area (Å²) in [6, 6.07) is 11.9. The lowest BCUT2D eigenvalue weighted by Gasteiger charge is -2.50. The average molecular weight is 643 g/mol. The van der Waals surface area contributed by atoms with Gasteiger partial charge in [0.05, 0.1) is 24.1 Å². The fraction of sp³-hybridized carbons (Fsp3) is 0.290. The summed E-state index contributed by atoms with van der Waals surface area (Å²) in [5, 5.41) is 11.8. The zero-order valence-corrected chi connectivity index (χ0v) is 24.5. The van der Waals surface area contributed by atoms with Gasteiger partial charge in [-0.3, -0.25) is 24.1 Å². The highest BCUT2D eigenvalue weighted by molar-refractivity contribution is 7.09. The molecular formula is C31H22Cl2F2N2O5S. The van der Waals surface area contributed by atoms with Crippen LogP contribution in [-0.2, 0) is 25.7 Å². The van der Waals surface area contributed by atoms with Crippen molar-refractivity contribution >= 4 is 63.9 Å². The number of aromatic hydroxyl groups is 1. The Morgan fingerprint density at radius 2 is 1.70 bits per heavy atom. The van der Waals surface area contributed by atoms with Gasteiger partial charge in [0.2, 0.25) is 11.8 Å². The van der Waals surface area contributed by atoms with Crippen molar-refractivity contribution < 1.29 is 33.1 Å². The number of phenolic OH excluding ortho intramolecular Hbond substituents is 1. The highest BCUT2D eigenvalue weighted by atomic mass is 35.5. The molecule has 4 amide bonds. The van der Waals surface area contributed by atoms with Crippen molar-refractivity contribution in [2.24, 2.45) is 17.8 Å². The minimum Gasteiger partial charge on any atom is -0.505 e. The van der Waals surface area contributed by atoms with Crippen LogP contribution in [0.4, 0.5) is 14.5 Å². The molecule has 2 saturated heterocycles. The summed E-state index contributed by atoms with van der Waals surface area (Å²) in [5.74, 6) is -8.24. The molecule has 6 unspecified atom stereocenters. The van der Waals surface area contributed by atoms with Gasteiger partial charge in [-0.25, -0.2) is 13.7 Å². The van der Waals surface area contributed by atoms with E-state index in [0.29, 0.717) is 5.57 Å². The summed E-state index contributed by atoms with van der Waals surface area (Å²) in [5.41, 5.74) is 0.712. The Bertz CT molecular complexity index is 1750. The van der Waals surface area contributed by atoms with Gasteiger partial charge < -0.3 is 5.11 Å². The topological polar surface area (TPSA) is 95.0 Å². The molecule has 4 aliphatic rings. The molecule has 1 N–H and O–H groups in total. The first-order valence-electron chi connectivity index (χ1n) is 13.6. The van der Waals surface area contributed by atoms with Crippen LogP contribution in [0.1, 0.15) is 29.2 Å². The molecule has 7 rings (SSSR count). The second-order valence-electron chi connectivity index (χ2n) is 11.3. The molecule has 7 nitrogen and oxygen atoms in total. The number of hydrogen-bond acceptors (Lipinski definition) is 6. The predicted octanol–water partition coefficient (Wildman–Crippen LogP) is 5.50. The largest absolute Gasteiger partial charge is 0.505 e. The maximum absolute atomic E-state index is 14.8. The molecule has 43 heavy (non-hydrogen) atoms. The highest BCUT2D eigenvalue weighted by Crippen LogP contribution is 2.65. The zero-order valence-electron chi connectivity index (χ0n) is 22.2. The van der Waals surface area contributed by atoms with Crippen LogP contribution in [0.2, 0.25) is 0 Å². The molecule has 1 aromatic heterocycles. The van der Waals surface area contributed by atoms with Gasteiger partial charge in [0.25, 0.3) is 11.8 Å². The minimum absolute atomic E-state index is 0.0468. The third kappa shape index (κ3) is 3.82. The van der Waals surface area contributed by atoms with Gasteiger partial charge >= 0.3 is 0 Å². The Morgan fingerprint density at radius 3 is 2.37 bits per heavy atom. The van der Waals surface area contributed by atoms with E-state index in [9.17, 15) is 33.1 Å². The predicted molar refractivity (Wildman–Crippen MR) is 155 cm³/mol. The number of nitrogens with zero attached hydrogens (tertiary/aromatic N) is 2. The number of carbonyl (C=O) groups is 4. The van der Waals surface area contributed by atoms with Crippen LogP contribution in [-0.4, -0.2) is 43.4 Å². The molecule has 1 saturated carbocycles. The van der Waals surface area contributed by atoms with E-state index in [1.807, 2.05) is 17.5 Å². The second-order valence-corrected chi connectivity index (χ2v) is 13.6. The van der Waals surface area contributed by atoms with Crippen molar-refractivity contribution in [3.8, 4) is 5.75 Å². The van der Waals surface area contributed by atoms with Gasteiger partial charge in [0.15, 0.2) is 21.3 Å². The molecule has 0 bridgehead atoms. The summed E-state index contributed by atoms with van der Waals surface area (Å²) in [6.45, 7) is 0.109. The van der Waals surface area contributed by atoms with Gasteiger partial charge in [-0.05, 0) is 72.2 Å². The normalized spacial score (nSPS) is 31.7. The fourth-order valence-corrected chi connectivity index (χ4v) is 8.88. The monoisotopic (exact) mass is 642 g/mol. The summed E-state index contributed by atoms with van der Waals surface area (Å²) in [6.07, 6.45) is 1.68. The lowest BCUT2D eigenvalue weighted by molar-refractivity contribution is -0.141. The Balaban J connectivity index is 1.38. The van der Waals surface area contributed by atoms with Crippen LogP contribution in [0.5, 0.6) is 5.75 Å². The molecule has 0 radical (unpaired) electrons. The maximum atomic E-state index is 14.8. The first-order chi connectivity index (χ1) is 20.5. The molecule has 2 aliphatic heterocycles. The van der Waals surface area contributed by atoms with Crippen LogP contribution < -0.4 is 4.90 Å². The van der Waals surface area contributed by atoms with Crippen LogP contribution in [0.15, 0.2) is 71.6 Å². The van der Waals surface area contributed by atoms with E-state index in [1.165, 1.54) is 34.4 Å². The number of amides is 4. The van der Waals surface area contributed by atoms with Crippen LogP contribution in [0.3, 0.4) is 0 Å². The van der Waals surface area contributed by atoms with E-state index in [-0.39, 0.29) is 36.5 Å². The number of allylic oxidation sites excluding steroid dienone is 2. The quantitative estimate of drug-likeness (QED) is 0.231. The number of carbonyl (C=O) groups excluding carboxylic acids is 4. The third-order valence-corrected chi connectivity index (χ3v) is 11.5. The van der Waals surface area contributed by atoms with Crippen LogP contribution >= 0.6 is 34.5 Å². The van der Waals surface area contributed by atoms with Crippen molar-refractivity contribution in [1.29, 1.82) is 0 Å². The summed E-state index contributed by atoms with van der Waals surface area (Å²) in [7, 11) is 0. The SMILES string of the molecule is O=C1C2CC=C3C(CC4(Cl)C(=O)N(c5ccc(F)cc5)C(=O)C4(Cl)C3c3ccc(O)c(F)c3)C2C(=O)N1Cc1cccs1. The number of benzene rings is 2. The third-order valence-electron chi connectivity index (χ3n) is 9.19. The van der Waals surface area contributed by atoms with Crippen molar-refractivity contribution in [1.82, 2.24) is 4.90 Å². The number of alkyl halides is 2. The van der Waals surface area contributed by atoms with Gasteiger partial charge in [0.1, 0.15) is 5.82 Å². The lowest BCUT2D eigenvalue weighted by atomic mass is 9.56. The minimum atomic E-state index is -2.18. The number of halogens is 4. The molecular weight excluding hydrogens is 621 g/mol. The first-order valence-corrected chi connectivity index (χ1v) is 15.2. The smallest absolute Gasteiger partial charge is 0.258 e. The Labute approximate surface area is 258 Å². The second kappa shape index (κ2) is 9.70. The van der Waals surface area contributed by atoms with Gasteiger partial charge in [-0.1, -0.05) is 23.8 Å². The Kier molecular flexibility index (Phi) is 6.36. The number of likely N-dealkylation sites (tertiary alicyclic amines) is 1. The number of imide groups is 2. The van der Waals surface area contributed by atoms with Crippen molar-refractivity contribution in [3.05, 3.63) is 93.7 Å². The molecule has 220 valence electrons. The standard InChI is InChI=1S/C31H22Cl2F2N2O5S/c32-30-13-21-19(8-9-20-24(21)27(40)36(26(20)39)14-18-2-1-11-43-18)25(15-3-10-23(38)22(35)12-15)31(30,33)29(42)37(28(30)41)17-6-4-16(34)5-7-17/h1-8,10-12,20-21,24-25,38H,9,13-14H2. The van der Waals surface area contributed by atoms with Crippen LogP contribution in [0.25, 0.3) is 0 Å². The van der Waals surface area contributed by atoms with Crippen molar-refractivity contribution in [2.75, 3.05) is 4.90 Å². The van der Waals surface area contributed by atoms with E-state index in [2.05, 4.69) is 0 Å². The summed E-state index contributed by atoms with van der Waals surface area (Å²) in [4.78, 5) is 54.4. The lowest BCUT2D eigenvalue weighted by Crippen LogP contribution is -2.60. The molecule has 0 spiro atoms. The molecule has 2 aliphatic carbocycles. The zero-order chi connectivity index (χ0) is 30.4. The Morgan fingerprint density at radius 1 is 0.953 bits per heavy atom. The molecule has 3 aromatic rings. The summed E-state index contributed by atoms with van der Waals surface area (Å²) < 4.78 is 28.5. The van der Waals surface area contributed by atoms with E-state index in [0.717, 1.165) is 34.0 Å². The van der Waals surface area contributed by atoms with E-state index in [4.69, 9.17) is 23.2 Å². The van der Waals surface area contributed by atoms with E-state index in [1.54, 1.807) is 6.08 Å². The molecule has 6 atom stereocenters. The number of anilines is 1.